The molecule has 3 heterocycles. The van der Waals surface area contributed by atoms with Gasteiger partial charge in [0.25, 0.3) is 5.91 Å². The van der Waals surface area contributed by atoms with Gasteiger partial charge in [-0.15, -0.1) is 0 Å². The number of fused-ring (bicyclic) bond motifs is 1. The Balaban J connectivity index is 1.20. The van der Waals surface area contributed by atoms with Crippen LogP contribution in [0.4, 0.5) is 8.78 Å². The number of rotatable bonds is 7. The predicted octanol–water partition coefficient (Wildman–Crippen LogP) is 4.56. The van der Waals surface area contributed by atoms with Gasteiger partial charge in [-0.05, 0) is 57.4 Å². The summed E-state index contributed by atoms with van der Waals surface area (Å²) in [5.41, 5.74) is 3.09. The number of aromatic nitrogens is 2. The number of carbonyl (C=O) groups is 2. The molecule has 1 aliphatic carbocycles. The minimum Gasteiger partial charge on any atom is -0.349 e. The molecule has 3 fully saturated rings. The zero-order chi connectivity index (χ0) is 27.7. The topological polar surface area (TPSA) is 78.4 Å². The second kappa shape index (κ2) is 11.3. The maximum Gasteiger partial charge on any atom is 0.257 e. The molecule has 0 radical (unpaired) electrons. The Morgan fingerprint density at radius 2 is 1.59 bits per heavy atom. The molecular formula is C30H39F2N5O2. The number of carbonyl (C=O) groups excluding carboxylic acids is 2. The summed E-state index contributed by atoms with van der Waals surface area (Å²) in [6.07, 6.45) is 2.26. The highest BCUT2D eigenvalue weighted by molar-refractivity contribution is 5.96. The quantitative estimate of drug-likeness (QED) is 0.558. The number of likely N-dealkylation sites (tertiary alicyclic amines) is 2. The first-order valence-corrected chi connectivity index (χ1v) is 14.2. The number of aryl methyl sites for hydroxylation is 2. The van der Waals surface area contributed by atoms with Crippen molar-refractivity contribution in [2.24, 2.45) is 17.8 Å². The molecule has 0 spiro atoms. The number of nitrogens with one attached hydrogen (secondary N) is 1. The number of hydrogen-bond acceptors (Lipinski definition) is 5. The van der Waals surface area contributed by atoms with Crippen LogP contribution in [-0.4, -0.2) is 69.7 Å². The van der Waals surface area contributed by atoms with E-state index in [0.29, 0.717) is 17.4 Å². The Kier molecular flexibility index (Phi) is 7.99. The van der Waals surface area contributed by atoms with Crippen molar-refractivity contribution < 1.29 is 18.4 Å². The predicted molar refractivity (Wildman–Crippen MR) is 144 cm³/mol. The smallest absolute Gasteiger partial charge is 0.257 e. The van der Waals surface area contributed by atoms with E-state index in [1.54, 1.807) is 0 Å². The fraction of sp³-hybridized carbons (Fsp3) is 0.600. The van der Waals surface area contributed by atoms with Crippen LogP contribution in [0.2, 0.25) is 0 Å². The summed E-state index contributed by atoms with van der Waals surface area (Å²) in [5.74, 6) is -2.28. The first-order valence-electron chi connectivity index (χ1n) is 14.2. The molecule has 2 aliphatic heterocycles. The lowest BCUT2D eigenvalue weighted by Crippen LogP contribution is -2.41. The SMILES string of the molecule is Cc1ncnc(C)c1C(=O)N1CC2CN([C@@H](C)CC(NC(=O)C3CCC(F)(F)CC3)c3ccccc3)CC2C1. The van der Waals surface area contributed by atoms with Crippen LogP contribution < -0.4 is 5.32 Å². The zero-order valence-corrected chi connectivity index (χ0v) is 23.1. The summed E-state index contributed by atoms with van der Waals surface area (Å²) >= 11 is 0. The first kappa shape index (κ1) is 27.6. The molecular weight excluding hydrogens is 500 g/mol. The summed E-state index contributed by atoms with van der Waals surface area (Å²) in [6.45, 7) is 9.18. The molecule has 1 saturated carbocycles. The van der Waals surface area contributed by atoms with E-state index in [1.807, 2.05) is 49.1 Å². The van der Waals surface area contributed by atoms with Gasteiger partial charge in [0.1, 0.15) is 6.33 Å². The molecule has 0 bridgehead atoms. The first-order chi connectivity index (χ1) is 18.6. The molecule has 1 aromatic carbocycles. The van der Waals surface area contributed by atoms with Gasteiger partial charge in [0.05, 0.1) is 23.0 Å². The summed E-state index contributed by atoms with van der Waals surface area (Å²) < 4.78 is 27.3. The Labute approximate surface area is 229 Å². The van der Waals surface area contributed by atoms with Crippen LogP contribution in [0.25, 0.3) is 0 Å². The normalized spacial score (nSPS) is 24.8. The van der Waals surface area contributed by atoms with Gasteiger partial charge in [0.2, 0.25) is 11.8 Å². The van der Waals surface area contributed by atoms with E-state index >= 15 is 0 Å². The molecule has 2 saturated heterocycles. The molecule has 5 rings (SSSR count). The largest absolute Gasteiger partial charge is 0.349 e. The second-order valence-electron chi connectivity index (χ2n) is 11.8. The lowest BCUT2D eigenvalue weighted by atomic mass is 9.85. The highest BCUT2D eigenvalue weighted by atomic mass is 19.3. The lowest BCUT2D eigenvalue weighted by molar-refractivity contribution is -0.130. The van der Waals surface area contributed by atoms with Crippen LogP contribution in [0, 0.1) is 31.6 Å². The number of halogens is 2. The molecule has 3 unspecified atom stereocenters. The van der Waals surface area contributed by atoms with Crippen molar-refractivity contribution in [2.45, 2.75) is 70.9 Å². The number of benzene rings is 1. The van der Waals surface area contributed by atoms with E-state index in [2.05, 4.69) is 27.1 Å². The Morgan fingerprint density at radius 3 is 2.18 bits per heavy atom. The third-order valence-corrected chi connectivity index (χ3v) is 9.05. The average Bonchev–Trinajstić information content (AvgIpc) is 3.48. The molecule has 2 amide bonds. The average molecular weight is 540 g/mol. The van der Waals surface area contributed by atoms with E-state index in [0.717, 1.165) is 49.6 Å². The maximum absolute atomic E-state index is 13.6. The lowest BCUT2D eigenvalue weighted by Gasteiger charge is -2.32. The van der Waals surface area contributed by atoms with Gasteiger partial charge in [-0.3, -0.25) is 14.5 Å². The Hall–Kier alpha value is -2.94. The van der Waals surface area contributed by atoms with Gasteiger partial charge in [0.15, 0.2) is 0 Å². The van der Waals surface area contributed by atoms with Crippen LogP contribution in [0.15, 0.2) is 36.7 Å². The monoisotopic (exact) mass is 539 g/mol. The van der Waals surface area contributed by atoms with Crippen LogP contribution in [0.1, 0.15) is 72.4 Å². The number of alkyl halides is 2. The summed E-state index contributed by atoms with van der Waals surface area (Å²) in [6, 6.07) is 9.96. The van der Waals surface area contributed by atoms with E-state index in [9.17, 15) is 18.4 Å². The van der Waals surface area contributed by atoms with Gasteiger partial charge >= 0.3 is 0 Å². The van der Waals surface area contributed by atoms with Gasteiger partial charge < -0.3 is 10.2 Å². The van der Waals surface area contributed by atoms with Crippen molar-refractivity contribution in [3.63, 3.8) is 0 Å². The van der Waals surface area contributed by atoms with Gasteiger partial charge in [-0.25, -0.2) is 18.7 Å². The minimum atomic E-state index is -2.65. The summed E-state index contributed by atoms with van der Waals surface area (Å²) in [7, 11) is 0. The van der Waals surface area contributed by atoms with Crippen LogP contribution >= 0.6 is 0 Å². The van der Waals surface area contributed by atoms with Crippen LogP contribution in [-0.2, 0) is 4.79 Å². The van der Waals surface area contributed by atoms with Crippen LogP contribution in [0.3, 0.4) is 0 Å². The molecule has 2 aromatic rings. The van der Waals surface area contributed by atoms with Crippen molar-refractivity contribution in [3.8, 4) is 0 Å². The van der Waals surface area contributed by atoms with E-state index in [-0.39, 0.29) is 55.5 Å². The fourth-order valence-corrected chi connectivity index (χ4v) is 6.66. The standard InChI is InChI=1S/C30H39F2N5O2/c1-19(13-26(22-7-5-4-6-8-22)35-28(38)23-9-11-30(31,32)12-10-23)36-14-24-16-37(17-25(24)15-36)29(39)27-20(2)33-18-34-21(27)3/h4-8,18-19,23-26H,9-17H2,1-3H3,(H,35,38)/t19-,24?,25?,26?/m0/s1. The van der Waals surface area contributed by atoms with Crippen molar-refractivity contribution in [1.82, 2.24) is 25.1 Å². The summed E-state index contributed by atoms with van der Waals surface area (Å²) in [5, 5.41) is 3.21. The number of hydrogen-bond donors (Lipinski definition) is 1. The Bertz CT molecular complexity index is 1150. The van der Waals surface area contributed by atoms with Gasteiger partial charge in [-0.2, -0.15) is 0 Å². The highest BCUT2D eigenvalue weighted by Crippen LogP contribution is 2.37. The third-order valence-electron chi connectivity index (χ3n) is 9.05. The van der Waals surface area contributed by atoms with Crippen molar-refractivity contribution in [3.05, 3.63) is 59.2 Å². The van der Waals surface area contributed by atoms with E-state index < -0.39 is 5.92 Å². The van der Waals surface area contributed by atoms with Gasteiger partial charge in [0, 0.05) is 51.0 Å². The molecule has 1 N–H and O–H groups in total. The molecule has 7 nitrogen and oxygen atoms in total. The van der Waals surface area contributed by atoms with Crippen molar-refractivity contribution in [1.29, 1.82) is 0 Å². The molecule has 4 atom stereocenters. The highest BCUT2D eigenvalue weighted by Gasteiger charge is 2.44. The second-order valence-corrected chi connectivity index (χ2v) is 11.8. The van der Waals surface area contributed by atoms with Crippen LogP contribution in [0.5, 0.6) is 0 Å². The van der Waals surface area contributed by atoms with E-state index in [4.69, 9.17) is 0 Å². The fourth-order valence-electron chi connectivity index (χ4n) is 6.66. The molecule has 1 aromatic heterocycles. The van der Waals surface area contributed by atoms with Crippen molar-refractivity contribution >= 4 is 11.8 Å². The zero-order valence-electron chi connectivity index (χ0n) is 23.1. The number of amides is 2. The van der Waals surface area contributed by atoms with E-state index in [1.165, 1.54) is 6.33 Å². The maximum atomic E-state index is 13.6. The number of nitrogens with zero attached hydrogens (tertiary/aromatic N) is 4. The molecule has 210 valence electrons. The molecule has 39 heavy (non-hydrogen) atoms. The van der Waals surface area contributed by atoms with Gasteiger partial charge in [-0.1, -0.05) is 30.3 Å². The summed E-state index contributed by atoms with van der Waals surface area (Å²) in [4.78, 5) is 39.2. The van der Waals surface area contributed by atoms with Crippen molar-refractivity contribution in [2.75, 3.05) is 26.2 Å². The minimum absolute atomic E-state index is 0.0203. The Morgan fingerprint density at radius 1 is 1.00 bits per heavy atom. The molecule has 3 aliphatic rings. The third kappa shape index (κ3) is 6.13. The molecule has 9 heteroatoms.